The number of likely N-dealkylation sites (N-methyl/N-ethyl adjacent to an activating group) is 3. The number of hydrogen-bond donors (Lipinski definition) is 4. The largest absolute Gasteiger partial charge is 0.455 e. The molecule has 5 N–H and O–H groups in total. The number of nitrogens with zero attached hydrogens (tertiary/aromatic N) is 7. The van der Waals surface area contributed by atoms with E-state index >= 15 is 0 Å². The molecule has 2 aliphatic heterocycles. The Morgan fingerprint density at radius 3 is 1.99 bits per heavy atom. The Hall–Kier alpha value is -6.54. The molecule has 2 aliphatic rings. The molecule has 87 heavy (non-hydrogen) atoms. The number of esters is 1. The number of nitrogens with one attached hydrogen (secondary N) is 3. The predicted octanol–water partition coefficient (Wildman–Crippen LogP) is 5.14. The molecule has 4 heterocycles. The summed E-state index contributed by atoms with van der Waals surface area (Å²) in [6, 6.07) is 7.78. The first-order chi connectivity index (χ1) is 41.4. The number of thiazole rings is 1. The Bertz CT molecular complexity index is 2810. The summed E-state index contributed by atoms with van der Waals surface area (Å²) in [4.78, 5) is 151. The number of benzene rings is 1. The van der Waals surface area contributed by atoms with Crippen LogP contribution in [0.4, 0.5) is 0 Å². The third kappa shape index (κ3) is 20.5. The summed E-state index contributed by atoms with van der Waals surface area (Å²) in [5.41, 5.74) is 6.66. The number of ether oxygens (including phenoxy) is 1. The second kappa shape index (κ2) is 34.9. The van der Waals surface area contributed by atoms with Crippen LogP contribution >= 0.6 is 34.4 Å². The zero-order valence-electron chi connectivity index (χ0n) is 52.4. The minimum atomic E-state index is -1.16. The Kier molecular flexibility index (Phi) is 28.5. The van der Waals surface area contributed by atoms with Crippen LogP contribution in [0.1, 0.15) is 127 Å². The number of imide groups is 1. The van der Waals surface area contributed by atoms with Crippen LogP contribution in [0, 0.1) is 17.8 Å². The molecule has 1 saturated heterocycles. The molecule has 0 aliphatic carbocycles. The smallest absolute Gasteiger partial charge is 0.303 e. The molecule has 9 atom stereocenters. The summed E-state index contributed by atoms with van der Waals surface area (Å²) in [7, 11) is 6.86. The highest BCUT2D eigenvalue weighted by molar-refractivity contribution is 8.01. The van der Waals surface area contributed by atoms with Crippen LogP contribution in [0.2, 0.25) is 0 Å². The Morgan fingerprint density at radius 1 is 0.759 bits per heavy atom. The SMILES string of the molecule is CCC(C)[C@H](C(=O)NC(C(=O)N(C)[C@H](C[C@@H](OC(C)=O)c1nc(C(=O)N(C)[C@@H](CSc2cccs2)C(=O)N[C@H](CCCCN)C(=O)N[C@@H](Cc2ccccc2)C(=O)N2CCN(C(=O)CCCN3C(=O)C=CC3=O)CC2)cs1)C(C)C)[C@@H](C)CC)N(C)C. The van der Waals surface area contributed by atoms with Crippen LogP contribution in [-0.2, 0) is 54.3 Å². The zero-order chi connectivity index (χ0) is 64.1. The van der Waals surface area contributed by atoms with E-state index in [4.69, 9.17) is 15.5 Å². The molecule has 3 aromatic rings. The van der Waals surface area contributed by atoms with Gasteiger partial charge in [-0.25, -0.2) is 4.98 Å². The summed E-state index contributed by atoms with van der Waals surface area (Å²) < 4.78 is 6.80. The van der Waals surface area contributed by atoms with E-state index in [1.54, 1.807) is 21.7 Å². The fourth-order valence-electron chi connectivity index (χ4n) is 10.7. The van der Waals surface area contributed by atoms with Crippen molar-refractivity contribution in [3.05, 3.63) is 81.6 Å². The van der Waals surface area contributed by atoms with Gasteiger partial charge in [0, 0.05) is 102 Å². The number of piperazine rings is 1. The molecule has 2 unspecified atom stereocenters. The van der Waals surface area contributed by atoms with Crippen LogP contribution in [-0.4, -0.2) is 203 Å². The van der Waals surface area contributed by atoms with Crippen molar-refractivity contribution in [2.75, 3.05) is 73.2 Å². The van der Waals surface area contributed by atoms with Gasteiger partial charge < -0.3 is 46.0 Å². The average Bonchev–Trinajstić information content (AvgIpc) is 3.15. The molecule has 0 bridgehead atoms. The number of carbonyl (C=O) groups is 10. The number of thiophene rings is 1. The summed E-state index contributed by atoms with van der Waals surface area (Å²) in [6.07, 6.45) is 4.60. The van der Waals surface area contributed by atoms with E-state index < -0.39 is 77.9 Å². The topological polar surface area (TPSA) is 274 Å². The Labute approximate surface area is 525 Å². The first-order valence-electron chi connectivity index (χ1n) is 30.1. The van der Waals surface area contributed by atoms with E-state index in [-0.39, 0.29) is 111 Å². The molecule has 5 rings (SSSR count). The van der Waals surface area contributed by atoms with Gasteiger partial charge in [-0.05, 0) is 81.1 Å². The van der Waals surface area contributed by atoms with Gasteiger partial charge >= 0.3 is 5.97 Å². The maximum absolute atomic E-state index is 14.9. The number of hydrogen-bond acceptors (Lipinski definition) is 17. The van der Waals surface area contributed by atoms with Gasteiger partial charge in [-0.15, -0.1) is 34.4 Å². The van der Waals surface area contributed by atoms with E-state index in [1.165, 1.54) is 59.5 Å². The van der Waals surface area contributed by atoms with Gasteiger partial charge in [0.25, 0.3) is 17.7 Å². The lowest BCUT2D eigenvalue weighted by Gasteiger charge is -2.38. The van der Waals surface area contributed by atoms with E-state index in [2.05, 4.69) is 16.0 Å². The number of unbranched alkanes of at least 4 members (excludes halogenated alkanes) is 1. The lowest BCUT2D eigenvalue weighted by Crippen LogP contribution is -2.59. The molecule has 0 spiro atoms. The molecule has 2 aromatic heterocycles. The molecule has 0 radical (unpaired) electrons. The number of aromatic nitrogens is 1. The Morgan fingerprint density at radius 2 is 1.40 bits per heavy atom. The Balaban J connectivity index is 1.35. The first-order valence-corrected chi connectivity index (χ1v) is 32.9. The van der Waals surface area contributed by atoms with Crippen molar-refractivity contribution in [3.63, 3.8) is 0 Å². The van der Waals surface area contributed by atoms with Crippen LogP contribution in [0.15, 0.2) is 69.6 Å². The first kappa shape index (κ1) is 71.2. The summed E-state index contributed by atoms with van der Waals surface area (Å²) in [5.74, 6) is -4.60. The van der Waals surface area contributed by atoms with Gasteiger partial charge in [-0.1, -0.05) is 90.8 Å². The van der Waals surface area contributed by atoms with Crippen LogP contribution in [0.25, 0.3) is 0 Å². The fraction of sp³-hybridized carbons (Fsp3) is 0.597. The van der Waals surface area contributed by atoms with Crippen molar-refractivity contribution < 1.29 is 52.7 Å². The van der Waals surface area contributed by atoms with Crippen LogP contribution in [0.3, 0.4) is 0 Å². The van der Waals surface area contributed by atoms with E-state index in [9.17, 15) is 47.9 Å². The zero-order valence-corrected chi connectivity index (χ0v) is 54.8. The van der Waals surface area contributed by atoms with Gasteiger partial charge in [0.2, 0.25) is 35.4 Å². The highest BCUT2D eigenvalue weighted by Gasteiger charge is 2.40. The number of carbonyl (C=O) groups excluding carboxylic acids is 10. The molecule has 25 heteroatoms. The third-order valence-corrected chi connectivity index (χ3v) is 19.4. The number of thioether (sulfide) groups is 1. The quantitative estimate of drug-likeness (QED) is 0.0261. The van der Waals surface area contributed by atoms with Crippen molar-refractivity contribution >= 4 is 93.6 Å². The van der Waals surface area contributed by atoms with E-state index in [0.717, 1.165) is 32.4 Å². The highest BCUT2D eigenvalue weighted by atomic mass is 32.2. The normalized spacial score (nSPS) is 16.6. The molecule has 0 saturated carbocycles. The highest BCUT2D eigenvalue weighted by Crippen LogP contribution is 2.32. The van der Waals surface area contributed by atoms with Crippen molar-refractivity contribution in [2.24, 2.45) is 23.5 Å². The van der Waals surface area contributed by atoms with Crippen molar-refractivity contribution in [1.82, 2.24) is 50.3 Å². The van der Waals surface area contributed by atoms with Gasteiger partial charge in [0.05, 0.1) is 10.3 Å². The fourth-order valence-corrected chi connectivity index (χ4v) is 13.5. The summed E-state index contributed by atoms with van der Waals surface area (Å²) in [5, 5.41) is 12.7. The summed E-state index contributed by atoms with van der Waals surface area (Å²) >= 11 is 3.92. The molecular formula is C62H91N11O11S3. The minimum Gasteiger partial charge on any atom is -0.455 e. The minimum absolute atomic E-state index is 0.0224. The monoisotopic (exact) mass is 1260 g/mol. The van der Waals surface area contributed by atoms with E-state index in [0.29, 0.717) is 37.2 Å². The number of nitrogens with two attached hydrogens (primary N) is 1. The number of rotatable bonds is 34. The van der Waals surface area contributed by atoms with Gasteiger partial charge in [-0.3, -0.25) is 57.7 Å². The van der Waals surface area contributed by atoms with Gasteiger partial charge in [0.15, 0.2) is 6.10 Å². The molecule has 1 fully saturated rings. The number of amides is 9. The predicted molar refractivity (Wildman–Crippen MR) is 337 cm³/mol. The molecular weight excluding hydrogens is 1170 g/mol. The van der Waals surface area contributed by atoms with E-state index in [1.807, 2.05) is 108 Å². The second-order valence-electron chi connectivity index (χ2n) is 23.1. The molecule has 9 amide bonds. The maximum atomic E-state index is 14.9. The average molecular weight is 1260 g/mol. The lowest BCUT2D eigenvalue weighted by molar-refractivity contribution is -0.149. The second-order valence-corrected chi connectivity index (χ2v) is 26.2. The third-order valence-electron chi connectivity index (χ3n) is 16.2. The maximum Gasteiger partial charge on any atom is 0.303 e. The molecule has 22 nitrogen and oxygen atoms in total. The van der Waals surface area contributed by atoms with Crippen LogP contribution in [0.5, 0.6) is 0 Å². The van der Waals surface area contributed by atoms with Crippen LogP contribution < -0.4 is 21.7 Å². The van der Waals surface area contributed by atoms with Crippen molar-refractivity contribution in [1.29, 1.82) is 0 Å². The standard InChI is InChI=1S/C62H91N11O11S3/c1-12-40(5)54(67-58(80)55(68(8)9)41(6)13-2)62(83)69(10)47(39(3)4)36-49(84-42(7)74)59-66-46(37-87-59)60(81)70(11)48(38-86-53-25-20-34-85-53)57(79)64-44(23-17-18-28-63)56(78)65-45(35-43-21-15-14-16-22-43)61(82)72-32-30-71(31-33-72)50(75)24-19-29-73-51(76)26-27-52(73)77/h14-16,20-22,25-27,34,37,39-41,44-45,47-49,54-55H,12-13,17-19,23-24,28-33,35-36,38,63H2,1-11H3,(H,64,79)(H,65,78)(H,67,80)/t40-,41?,44+,45-,47+,48-,49+,54?,55+/m0/s1. The van der Waals surface area contributed by atoms with Crippen molar-refractivity contribution in [2.45, 2.75) is 153 Å². The van der Waals surface area contributed by atoms with Crippen molar-refractivity contribution in [3.8, 4) is 0 Å². The summed E-state index contributed by atoms with van der Waals surface area (Å²) in [6.45, 7) is 14.4. The molecule has 1 aromatic carbocycles. The lowest BCUT2D eigenvalue weighted by atomic mass is 9.92. The molecule has 478 valence electrons. The van der Waals surface area contributed by atoms with Gasteiger partial charge in [0.1, 0.15) is 34.9 Å². The van der Waals surface area contributed by atoms with Gasteiger partial charge in [-0.2, -0.15) is 0 Å².